The minimum atomic E-state index is -0.257. The SMILES string of the molecule is CC(O)CNCCSCCCO. The van der Waals surface area contributed by atoms with Gasteiger partial charge in [0.25, 0.3) is 0 Å². The van der Waals surface area contributed by atoms with E-state index in [1.807, 2.05) is 11.8 Å². The summed E-state index contributed by atoms with van der Waals surface area (Å²) in [6.07, 6.45) is 0.619. The molecule has 0 aliphatic carbocycles. The highest BCUT2D eigenvalue weighted by molar-refractivity contribution is 7.99. The number of nitrogens with one attached hydrogen (secondary N) is 1. The van der Waals surface area contributed by atoms with E-state index in [0.717, 1.165) is 24.5 Å². The van der Waals surface area contributed by atoms with Crippen LogP contribution < -0.4 is 5.32 Å². The molecule has 0 amide bonds. The fourth-order valence-electron chi connectivity index (χ4n) is 0.724. The van der Waals surface area contributed by atoms with Crippen LogP contribution in [-0.4, -0.2) is 47.5 Å². The van der Waals surface area contributed by atoms with E-state index in [1.165, 1.54) is 0 Å². The van der Waals surface area contributed by atoms with Crippen molar-refractivity contribution in [3.63, 3.8) is 0 Å². The molecule has 0 fully saturated rings. The summed E-state index contributed by atoms with van der Waals surface area (Å²) >= 11 is 1.83. The van der Waals surface area contributed by atoms with Gasteiger partial charge in [-0.1, -0.05) is 0 Å². The standard InChI is InChI=1S/C8H19NO2S/c1-8(11)7-9-3-6-12-5-2-4-10/h8-11H,2-7H2,1H3. The summed E-state index contributed by atoms with van der Waals surface area (Å²) in [7, 11) is 0. The van der Waals surface area contributed by atoms with Gasteiger partial charge in [0.2, 0.25) is 0 Å². The normalized spacial score (nSPS) is 13.2. The maximum atomic E-state index is 8.89. The molecule has 0 aromatic carbocycles. The van der Waals surface area contributed by atoms with Crippen LogP contribution in [0.2, 0.25) is 0 Å². The van der Waals surface area contributed by atoms with Gasteiger partial charge in [-0.3, -0.25) is 0 Å². The summed E-state index contributed by atoms with van der Waals surface area (Å²) in [6, 6.07) is 0. The number of thioether (sulfide) groups is 1. The summed E-state index contributed by atoms with van der Waals surface area (Å²) < 4.78 is 0. The van der Waals surface area contributed by atoms with Crippen LogP contribution >= 0.6 is 11.8 Å². The molecule has 0 rings (SSSR count). The van der Waals surface area contributed by atoms with Crippen molar-refractivity contribution >= 4 is 11.8 Å². The molecule has 1 atom stereocenters. The Kier molecular flexibility index (Phi) is 9.50. The summed E-state index contributed by atoms with van der Waals surface area (Å²) in [5, 5.41) is 20.5. The predicted molar refractivity (Wildman–Crippen MR) is 53.6 cm³/mol. The number of aliphatic hydroxyl groups is 2. The fourth-order valence-corrected chi connectivity index (χ4v) is 1.55. The molecule has 0 saturated carbocycles. The van der Waals surface area contributed by atoms with Crippen LogP contribution in [0, 0.1) is 0 Å². The highest BCUT2D eigenvalue weighted by atomic mass is 32.2. The second kappa shape index (κ2) is 9.32. The highest BCUT2D eigenvalue weighted by Crippen LogP contribution is 1.99. The Morgan fingerprint density at radius 2 is 2.17 bits per heavy atom. The van der Waals surface area contributed by atoms with E-state index in [-0.39, 0.29) is 12.7 Å². The predicted octanol–water partition coefficient (Wildman–Crippen LogP) is 0.0724. The third kappa shape index (κ3) is 10.2. The van der Waals surface area contributed by atoms with Crippen molar-refractivity contribution in [2.75, 3.05) is 31.2 Å². The molecular weight excluding hydrogens is 174 g/mol. The Balaban J connectivity index is 2.82. The minimum Gasteiger partial charge on any atom is -0.396 e. The van der Waals surface area contributed by atoms with Crippen molar-refractivity contribution < 1.29 is 10.2 Å². The maximum Gasteiger partial charge on any atom is 0.0636 e. The van der Waals surface area contributed by atoms with Crippen molar-refractivity contribution in [3.05, 3.63) is 0 Å². The van der Waals surface area contributed by atoms with E-state index in [4.69, 9.17) is 10.2 Å². The first kappa shape index (κ1) is 12.2. The number of rotatable bonds is 8. The lowest BCUT2D eigenvalue weighted by Crippen LogP contribution is -2.26. The third-order valence-corrected chi connectivity index (χ3v) is 2.38. The first-order valence-electron chi connectivity index (χ1n) is 4.34. The van der Waals surface area contributed by atoms with E-state index in [0.29, 0.717) is 6.54 Å². The Morgan fingerprint density at radius 3 is 2.75 bits per heavy atom. The molecule has 0 aliphatic rings. The zero-order valence-corrected chi connectivity index (χ0v) is 8.44. The van der Waals surface area contributed by atoms with E-state index in [2.05, 4.69) is 5.32 Å². The summed E-state index contributed by atoms with van der Waals surface area (Å²) in [6.45, 7) is 3.65. The van der Waals surface area contributed by atoms with Gasteiger partial charge in [0.15, 0.2) is 0 Å². The molecule has 0 radical (unpaired) electrons. The molecule has 0 aromatic heterocycles. The zero-order chi connectivity index (χ0) is 9.23. The Morgan fingerprint density at radius 1 is 1.42 bits per heavy atom. The lowest BCUT2D eigenvalue weighted by Gasteiger charge is -2.05. The average molecular weight is 193 g/mol. The van der Waals surface area contributed by atoms with E-state index >= 15 is 0 Å². The second-order valence-electron chi connectivity index (χ2n) is 2.74. The van der Waals surface area contributed by atoms with Gasteiger partial charge in [-0.15, -0.1) is 0 Å². The van der Waals surface area contributed by atoms with Crippen LogP contribution in [0.1, 0.15) is 13.3 Å². The summed E-state index contributed by atoms with van der Waals surface area (Å²) in [4.78, 5) is 0. The van der Waals surface area contributed by atoms with E-state index in [1.54, 1.807) is 6.92 Å². The van der Waals surface area contributed by atoms with Gasteiger partial charge in [-0.25, -0.2) is 0 Å². The first-order chi connectivity index (χ1) is 5.77. The van der Waals surface area contributed by atoms with Crippen molar-refractivity contribution in [1.82, 2.24) is 5.32 Å². The Hall–Kier alpha value is 0.230. The minimum absolute atomic E-state index is 0.257. The first-order valence-corrected chi connectivity index (χ1v) is 5.50. The molecule has 0 spiro atoms. The number of hydrogen-bond acceptors (Lipinski definition) is 4. The summed E-state index contributed by atoms with van der Waals surface area (Å²) in [5.74, 6) is 2.07. The molecule has 0 heterocycles. The molecular formula is C8H19NO2S. The molecule has 0 saturated heterocycles. The van der Waals surface area contributed by atoms with Crippen LogP contribution in [0.5, 0.6) is 0 Å². The maximum absolute atomic E-state index is 8.89. The zero-order valence-electron chi connectivity index (χ0n) is 7.62. The van der Waals surface area contributed by atoms with Gasteiger partial charge in [0, 0.05) is 25.4 Å². The van der Waals surface area contributed by atoms with Gasteiger partial charge in [-0.2, -0.15) is 11.8 Å². The monoisotopic (exact) mass is 193 g/mol. The lowest BCUT2D eigenvalue weighted by atomic mass is 10.4. The third-order valence-electron chi connectivity index (χ3n) is 1.31. The Bertz CT molecular complexity index is 91.1. The van der Waals surface area contributed by atoms with Gasteiger partial charge >= 0.3 is 0 Å². The van der Waals surface area contributed by atoms with Crippen molar-refractivity contribution in [2.45, 2.75) is 19.4 Å². The van der Waals surface area contributed by atoms with E-state index < -0.39 is 0 Å². The highest BCUT2D eigenvalue weighted by Gasteiger charge is 1.93. The van der Waals surface area contributed by atoms with Gasteiger partial charge in [-0.05, 0) is 19.1 Å². The molecule has 0 bridgehead atoms. The smallest absolute Gasteiger partial charge is 0.0636 e. The van der Waals surface area contributed by atoms with E-state index in [9.17, 15) is 0 Å². The molecule has 3 nitrogen and oxygen atoms in total. The molecule has 0 aliphatic heterocycles. The van der Waals surface area contributed by atoms with Crippen LogP contribution in [0.4, 0.5) is 0 Å². The Labute approximate surface area is 78.6 Å². The van der Waals surface area contributed by atoms with Crippen molar-refractivity contribution in [2.24, 2.45) is 0 Å². The van der Waals surface area contributed by atoms with Crippen LogP contribution in [0.15, 0.2) is 0 Å². The van der Waals surface area contributed by atoms with Crippen LogP contribution in [0.25, 0.3) is 0 Å². The number of aliphatic hydroxyl groups excluding tert-OH is 2. The van der Waals surface area contributed by atoms with Crippen LogP contribution in [0.3, 0.4) is 0 Å². The van der Waals surface area contributed by atoms with Crippen molar-refractivity contribution in [3.8, 4) is 0 Å². The molecule has 4 heteroatoms. The summed E-state index contributed by atoms with van der Waals surface area (Å²) in [5.41, 5.74) is 0. The lowest BCUT2D eigenvalue weighted by molar-refractivity contribution is 0.192. The molecule has 3 N–H and O–H groups in total. The largest absolute Gasteiger partial charge is 0.396 e. The molecule has 0 aromatic rings. The fraction of sp³-hybridized carbons (Fsp3) is 1.00. The van der Waals surface area contributed by atoms with Gasteiger partial charge < -0.3 is 15.5 Å². The topological polar surface area (TPSA) is 52.5 Å². The van der Waals surface area contributed by atoms with Gasteiger partial charge in [0.05, 0.1) is 6.10 Å². The quantitative estimate of drug-likeness (QED) is 0.478. The molecule has 12 heavy (non-hydrogen) atoms. The molecule has 1 unspecified atom stereocenters. The van der Waals surface area contributed by atoms with Crippen LogP contribution in [-0.2, 0) is 0 Å². The molecule has 74 valence electrons. The second-order valence-corrected chi connectivity index (χ2v) is 3.97. The van der Waals surface area contributed by atoms with Crippen molar-refractivity contribution in [1.29, 1.82) is 0 Å². The number of hydrogen-bond donors (Lipinski definition) is 3. The van der Waals surface area contributed by atoms with Gasteiger partial charge in [0.1, 0.15) is 0 Å². The average Bonchev–Trinajstić information content (AvgIpc) is 2.02.